The molecule has 4 rings (SSSR count). The van der Waals surface area contributed by atoms with Crippen LogP contribution in [0.25, 0.3) is 11.0 Å². The second-order valence-corrected chi connectivity index (χ2v) is 9.91. The first-order valence-electron chi connectivity index (χ1n) is 12.4. The van der Waals surface area contributed by atoms with Gasteiger partial charge in [-0.15, -0.1) is 0 Å². The van der Waals surface area contributed by atoms with Gasteiger partial charge < -0.3 is 19.7 Å². The van der Waals surface area contributed by atoms with Gasteiger partial charge in [-0.2, -0.15) is 0 Å². The first-order chi connectivity index (χ1) is 18.3. The molecule has 7 nitrogen and oxygen atoms in total. The number of aryl methyl sites for hydroxylation is 1. The minimum Gasteiger partial charge on any atom is -0.489 e. The number of carboxylic acids is 1. The molecule has 1 unspecified atom stereocenters. The van der Waals surface area contributed by atoms with Gasteiger partial charge in [-0.05, 0) is 48.4 Å². The number of carboxylic acid groups (broad SMARTS) is 1. The number of hydrogen-bond donors (Lipinski definition) is 2. The molecule has 0 fully saturated rings. The van der Waals surface area contributed by atoms with Crippen LogP contribution in [0.1, 0.15) is 59.4 Å². The highest BCUT2D eigenvalue weighted by Crippen LogP contribution is 2.32. The Hall–Kier alpha value is -3.55. The summed E-state index contributed by atoms with van der Waals surface area (Å²) in [7, 11) is 2.01. The van der Waals surface area contributed by atoms with Crippen molar-refractivity contribution in [2.75, 3.05) is 6.54 Å². The van der Waals surface area contributed by atoms with Crippen molar-refractivity contribution >= 4 is 46.1 Å². The lowest BCUT2D eigenvalue weighted by Gasteiger charge is -2.17. The minimum atomic E-state index is -0.949. The number of rotatable bonds is 11. The van der Waals surface area contributed by atoms with Crippen LogP contribution < -0.4 is 10.1 Å². The number of nitrogens with zero attached hydrogens (tertiary/aromatic N) is 2. The SMILES string of the molecule is CCCC(c1ccc(C(=O)NCCC(=O)O)cc1)c1nc2cc(OCc3ccc(Cl)cc3Cl)ccc2n1C. The summed E-state index contributed by atoms with van der Waals surface area (Å²) in [4.78, 5) is 28.0. The molecular weight excluding hydrogens is 525 g/mol. The Morgan fingerprint density at radius 2 is 1.84 bits per heavy atom. The number of carbonyl (C=O) groups is 2. The average molecular weight is 554 g/mol. The molecule has 0 aliphatic carbocycles. The summed E-state index contributed by atoms with van der Waals surface area (Å²) in [5, 5.41) is 12.5. The molecule has 4 aromatic rings. The number of benzene rings is 3. The van der Waals surface area contributed by atoms with E-state index >= 15 is 0 Å². The van der Waals surface area contributed by atoms with E-state index in [0.717, 1.165) is 40.8 Å². The number of carbonyl (C=O) groups excluding carboxylic acids is 1. The Kier molecular flexibility index (Phi) is 8.92. The summed E-state index contributed by atoms with van der Waals surface area (Å²) < 4.78 is 8.09. The first-order valence-corrected chi connectivity index (χ1v) is 13.2. The summed E-state index contributed by atoms with van der Waals surface area (Å²) in [5.41, 5.74) is 4.22. The summed E-state index contributed by atoms with van der Waals surface area (Å²) in [6.07, 6.45) is 1.73. The lowest BCUT2D eigenvalue weighted by atomic mass is 9.92. The first kappa shape index (κ1) is 27.5. The van der Waals surface area contributed by atoms with Crippen molar-refractivity contribution in [2.24, 2.45) is 7.05 Å². The molecule has 0 saturated heterocycles. The number of imidazole rings is 1. The summed E-state index contributed by atoms with van der Waals surface area (Å²) in [6.45, 7) is 2.54. The third kappa shape index (κ3) is 6.47. The Balaban J connectivity index is 1.53. The second kappa shape index (κ2) is 12.3. The van der Waals surface area contributed by atoms with Crippen LogP contribution in [0.4, 0.5) is 0 Å². The molecule has 3 aromatic carbocycles. The van der Waals surface area contributed by atoms with E-state index in [1.54, 1.807) is 24.3 Å². The van der Waals surface area contributed by atoms with Gasteiger partial charge in [0, 0.05) is 46.7 Å². The van der Waals surface area contributed by atoms with Crippen LogP contribution in [-0.4, -0.2) is 33.1 Å². The van der Waals surface area contributed by atoms with Crippen LogP contribution in [0.2, 0.25) is 10.0 Å². The predicted molar refractivity (Wildman–Crippen MR) is 149 cm³/mol. The van der Waals surface area contributed by atoms with Gasteiger partial charge in [-0.25, -0.2) is 4.98 Å². The number of fused-ring (bicyclic) bond motifs is 1. The van der Waals surface area contributed by atoms with Crippen LogP contribution in [0.15, 0.2) is 60.7 Å². The summed E-state index contributed by atoms with van der Waals surface area (Å²) in [5.74, 6) is 0.422. The highest BCUT2D eigenvalue weighted by atomic mass is 35.5. The van der Waals surface area contributed by atoms with Gasteiger partial charge in [0.15, 0.2) is 0 Å². The third-order valence-electron chi connectivity index (χ3n) is 6.39. The van der Waals surface area contributed by atoms with Crippen molar-refractivity contribution < 1.29 is 19.4 Å². The number of amides is 1. The highest BCUT2D eigenvalue weighted by molar-refractivity contribution is 6.35. The largest absolute Gasteiger partial charge is 0.489 e. The van der Waals surface area contributed by atoms with E-state index in [0.29, 0.717) is 28.0 Å². The normalized spacial score (nSPS) is 11.9. The van der Waals surface area contributed by atoms with Gasteiger partial charge in [-0.3, -0.25) is 9.59 Å². The van der Waals surface area contributed by atoms with Crippen molar-refractivity contribution in [1.29, 1.82) is 0 Å². The van der Waals surface area contributed by atoms with Gasteiger partial charge in [-0.1, -0.05) is 54.7 Å². The predicted octanol–water partition coefficient (Wildman–Crippen LogP) is 6.60. The molecule has 2 N–H and O–H groups in total. The van der Waals surface area contributed by atoms with Gasteiger partial charge >= 0.3 is 5.97 Å². The van der Waals surface area contributed by atoms with E-state index in [2.05, 4.69) is 16.8 Å². The third-order valence-corrected chi connectivity index (χ3v) is 6.97. The van der Waals surface area contributed by atoms with Crippen molar-refractivity contribution in [3.8, 4) is 5.75 Å². The fourth-order valence-corrected chi connectivity index (χ4v) is 4.85. The van der Waals surface area contributed by atoms with Crippen LogP contribution in [0.5, 0.6) is 5.75 Å². The zero-order chi connectivity index (χ0) is 27.2. The smallest absolute Gasteiger partial charge is 0.305 e. The number of halogens is 2. The average Bonchev–Trinajstić information content (AvgIpc) is 3.22. The van der Waals surface area contributed by atoms with Crippen LogP contribution in [-0.2, 0) is 18.4 Å². The van der Waals surface area contributed by atoms with Crippen molar-refractivity contribution in [3.05, 3.63) is 93.2 Å². The van der Waals surface area contributed by atoms with Gasteiger partial charge in [0.2, 0.25) is 0 Å². The summed E-state index contributed by atoms with van der Waals surface area (Å²) >= 11 is 12.3. The topological polar surface area (TPSA) is 93.5 Å². The zero-order valence-electron chi connectivity index (χ0n) is 21.2. The van der Waals surface area contributed by atoms with E-state index in [1.165, 1.54) is 0 Å². The molecule has 198 valence electrons. The molecule has 1 aromatic heterocycles. The number of hydrogen-bond acceptors (Lipinski definition) is 4. The molecular formula is C29H29Cl2N3O4. The standard InChI is InChI=1S/C29H29Cl2N3O4/c1-3-4-23(18-5-7-19(8-6-18)29(37)32-14-13-27(35)36)28-33-25-16-22(11-12-26(25)34(28)2)38-17-20-9-10-21(30)15-24(20)31/h5-12,15-16,23H,3-4,13-14,17H2,1-2H3,(H,32,37)(H,35,36). The van der Waals surface area contributed by atoms with E-state index in [1.807, 2.05) is 43.4 Å². The Morgan fingerprint density at radius 3 is 2.53 bits per heavy atom. The minimum absolute atomic E-state index is 0.0405. The number of aliphatic carboxylic acids is 1. The maximum atomic E-state index is 12.3. The van der Waals surface area contributed by atoms with Crippen molar-refractivity contribution in [2.45, 2.75) is 38.7 Å². The van der Waals surface area contributed by atoms with Crippen LogP contribution in [0, 0.1) is 0 Å². The lowest BCUT2D eigenvalue weighted by molar-refractivity contribution is -0.136. The molecule has 1 amide bonds. The molecule has 0 aliphatic heterocycles. The Labute approximate surface area is 231 Å². The quantitative estimate of drug-likeness (QED) is 0.218. The number of nitrogens with one attached hydrogen (secondary N) is 1. The van der Waals surface area contributed by atoms with Gasteiger partial charge in [0.05, 0.1) is 17.5 Å². The zero-order valence-corrected chi connectivity index (χ0v) is 22.7. The molecule has 1 heterocycles. The molecule has 0 bridgehead atoms. The molecule has 0 spiro atoms. The maximum Gasteiger partial charge on any atom is 0.305 e. The number of aromatic nitrogens is 2. The Morgan fingerprint density at radius 1 is 1.08 bits per heavy atom. The number of ether oxygens (including phenoxy) is 1. The monoisotopic (exact) mass is 553 g/mol. The Bertz CT molecular complexity index is 1450. The molecule has 0 radical (unpaired) electrons. The highest BCUT2D eigenvalue weighted by Gasteiger charge is 2.21. The maximum absolute atomic E-state index is 12.3. The van der Waals surface area contributed by atoms with Crippen LogP contribution in [0.3, 0.4) is 0 Å². The van der Waals surface area contributed by atoms with Gasteiger partial charge in [0.1, 0.15) is 18.2 Å². The van der Waals surface area contributed by atoms with Crippen molar-refractivity contribution in [3.63, 3.8) is 0 Å². The van der Waals surface area contributed by atoms with Crippen molar-refractivity contribution in [1.82, 2.24) is 14.9 Å². The fraction of sp³-hybridized carbons (Fsp3) is 0.276. The molecule has 0 aliphatic rings. The molecule has 0 saturated carbocycles. The summed E-state index contributed by atoms with van der Waals surface area (Å²) in [6, 6.07) is 18.6. The lowest BCUT2D eigenvalue weighted by Crippen LogP contribution is -2.26. The second-order valence-electron chi connectivity index (χ2n) is 9.07. The van der Waals surface area contributed by atoms with E-state index in [4.69, 9.17) is 38.0 Å². The fourth-order valence-electron chi connectivity index (χ4n) is 4.38. The van der Waals surface area contributed by atoms with E-state index in [-0.39, 0.29) is 24.8 Å². The van der Waals surface area contributed by atoms with Gasteiger partial charge in [0.25, 0.3) is 5.91 Å². The molecule has 38 heavy (non-hydrogen) atoms. The molecule has 9 heteroatoms. The molecule has 1 atom stereocenters. The van der Waals surface area contributed by atoms with Crippen LogP contribution >= 0.6 is 23.2 Å². The van der Waals surface area contributed by atoms with E-state index < -0.39 is 5.97 Å². The van der Waals surface area contributed by atoms with E-state index in [9.17, 15) is 9.59 Å².